The van der Waals surface area contributed by atoms with Gasteiger partial charge in [0.05, 0.1) is 51.1 Å². The van der Waals surface area contributed by atoms with Crippen molar-refractivity contribution in [1.82, 2.24) is 10.6 Å². The number of amides is 2. The van der Waals surface area contributed by atoms with Gasteiger partial charge in [0, 0.05) is 39.0 Å². The third kappa shape index (κ3) is 70.2. The minimum absolute atomic E-state index is 0.0739. The number of unbranched alkanes of at least 4 members (excludes halogenated alkanes) is 56. The van der Waals surface area contributed by atoms with Crippen LogP contribution in [0.1, 0.15) is 524 Å². The van der Waals surface area contributed by atoms with E-state index in [0.29, 0.717) is 58.2 Å². The first-order chi connectivity index (χ1) is 60.2. The normalized spacial score (nSPS) is 16.6. The first kappa shape index (κ1) is 118. The summed E-state index contributed by atoms with van der Waals surface area (Å²) in [6.07, 6.45) is 64.2. The highest BCUT2D eigenvalue weighted by molar-refractivity contribution is 7.17. The van der Waals surface area contributed by atoms with E-state index in [1.165, 1.54) is 218 Å². The fraction of sp³-hybridized carbons (Fsp3) is 0.942. The SMILES string of the molecule is CCCCCCCCCCCCCC(=O)O[C@H](CCCCCCCCCCC)CC(=O)NCC(CO)(COCCCC)COC1OC(COCCCC)C(OP=O)[C@H](OC(=O)C[C@@H](CCCCCCCCCCC)OC(=O)CCCCCCCCCCCCC)C1NC(=O)C[C@@H](CCCCCCCCCCC)OC(=O)CCCCCCCCCCCCC. The summed E-state index contributed by atoms with van der Waals surface area (Å²) in [4.78, 5) is 86.8. The number of aliphatic hydroxyl groups is 1. The predicted molar refractivity (Wildman–Crippen MR) is 505 cm³/mol. The number of hydrogen-bond donors (Lipinski definition) is 3. The highest BCUT2D eigenvalue weighted by Gasteiger charge is 2.52. The van der Waals surface area contributed by atoms with Gasteiger partial charge in [-0.1, -0.05) is 415 Å². The molecular weight excluding hydrogens is 1570 g/mol. The Morgan fingerprint density at radius 2 is 0.650 bits per heavy atom. The van der Waals surface area contributed by atoms with Gasteiger partial charge in [0.25, 0.3) is 0 Å². The topological polar surface area (TPSA) is 247 Å². The molecule has 0 saturated carbocycles. The molecule has 0 aromatic carbocycles. The molecule has 19 nitrogen and oxygen atoms in total. The van der Waals surface area contributed by atoms with Crippen LogP contribution in [-0.2, 0) is 75.8 Å². The highest BCUT2D eigenvalue weighted by atomic mass is 31.1. The summed E-state index contributed by atoms with van der Waals surface area (Å²) in [5, 5.41) is 18.1. The van der Waals surface area contributed by atoms with Gasteiger partial charge < -0.3 is 53.6 Å². The average molecular weight is 1760 g/mol. The van der Waals surface area contributed by atoms with Gasteiger partial charge in [-0.15, -0.1) is 0 Å². The minimum Gasteiger partial charge on any atom is -0.462 e. The Morgan fingerprint density at radius 1 is 0.350 bits per heavy atom. The molecule has 3 N–H and O–H groups in total. The lowest BCUT2D eigenvalue weighted by molar-refractivity contribution is -0.279. The smallest absolute Gasteiger partial charge is 0.327 e. The molecule has 123 heavy (non-hydrogen) atoms. The Bertz CT molecular complexity index is 2410. The van der Waals surface area contributed by atoms with Gasteiger partial charge in [0.1, 0.15) is 36.6 Å². The zero-order valence-corrected chi connectivity index (χ0v) is 82.0. The lowest BCUT2D eigenvalue weighted by Gasteiger charge is -2.46. The number of carbonyl (C=O) groups is 6. The first-order valence-electron chi connectivity index (χ1n) is 52.6. The van der Waals surface area contributed by atoms with Crippen molar-refractivity contribution in [3.05, 3.63) is 0 Å². The van der Waals surface area contributed by atoms with Crippen molar-refractivity contribution in [2.45, 2.75) is 573 Å². The van der Waals surface area contributed by atoms with Crippen LogP contribution in [0.3, 0.4) is 0 Å². The maximum absolute atomic E-state index is 15.4. The average Bonchev–Trinajstić information content (AvgIpc) is 0.781. The monoisotopic (exact) mass is 1760 g/mol. The van der Waals surface area contributed by atoms with E-state index in [1.807, 2.05) is 6.92 Å². The minimum atomic E-state index is -1.49. The fourth-order valence-electron chi connectivity index (χ4n) is 16.8. The summed E-state index contributed by atoms with van der Waals surface area (Å²) in [7, 11) is -0.777. The summed E-state index contributed by atoms with van der Waals surface area (Å²) in [6, 6.07) is -1.41. The number of nitrogens with one attached hydrogen (secondary N) is 2. The molecule has 724 valence electrons. The van der Waals surface area contributed by atoms with Gasteiger partial charge in [-0.05, 0) is 70.6 Å². The molecule has 2 amide bonds. The van der Waals surface area contributed by atoms with Gasteiger partial charge in [-0.3, -0.25) is 33.3 Å². The molecule has 9 atom stereocenters. The molecule has 0 bridgehead atoms. The number of aliphatic hydroxyl groups excluding tert-OH is 1. The van der Waals surface area contributed by atoms with Crippen LogP contribution in [0, 0.1) is 5.41 Å². The van der Waals surface area contributed by atoms with Crippen molar-refractivity contribution in [2.24, 2.45) is 5.41 Å². The van der Waals surface area contributed by atoms with E-state index in [0.717, 1.165) is 167 Å². The molecule has 0 aromatic rings. The molecule has 1 heterocycles. The molecular formula is C103H195N2O17P. The second kappa shape index (κ2) is 88.0. The van der Waals surface area contributed by atoms with Crippen LogP contribution >= 0.6 is 8.69 Å². The van der Waals surface area contributed by atoms with Gasteiger partial charge >= 0.3 is 32.6 Å². The van der Waals surface area contributed by atoms with Crippen molar-refractivity contribution in [3.63, 3.8) is 0 Å². The van der Waals surface area contributed by atoms with Crippen LogP contribution in [0.2, 0.25) is 0 Å². The Kier molecular flexibility index (Phi) is 84.2. The number of hydrogen-bond acceptors (Lipinski definition) is 17. The quantitative estimate of drug-likeness (QED) is 0.0222. The van der Waals surface area contributed by atoms with Crippen molar-refractivity contribution in [2.75, 3.05) is 46.2 Å². The van der Waals surface area contributed by atoms with E-state index in [1.54, 1.807) is 0 Å². The summed E-state index contributed by atoms with van der Waals surface area (Å²) in [5.74, 6) is -2.72. The summed E-state index contributed by atoms with van der Waals surface area (Å²) in [6.45, 7) is 17.0. The van der Waals surface area contributed by atoms with Gasteiger partial charge in [-0.25, -0.2) is 4.57 Å². The Hall–Kier alpha value is -3.32. The Balaban J connectivity index is 4.04. The highest BCUT2D eigenvalue weighted by Crippen LogP contribution is 2.34. The van der Waals surface area contributed by atoms with Crippen LogP contribution in [0.5, 0.6) is 0 Å². The van der Waals surface area contributed by atoms with Crippen LogP contribution in [0.25, 0.3) is 0 Å². The number of esters is 4. The van der Waals surface area contributed by atoms with Crippen LogP contribution in [0.15, 0.2) is 0 Å². The molecule has 1 fully saturated rings. The lowest BCUT2D eigenvalue weighted by atomic mass is 9.90. The van der Waals surface area contributed by atoms with Crippen molar-refractivity contribution in [1.29, 1.82) is 0 Å². The third-order valence-corrected chi connectivity index (χ3v) is 25.2. The third-order valence-electron chi connectivity index (χ3n) is 24.9. The number of carbonyl (C=O) groups excluding carboxylic acids is 6. The standard InChI is InChI=1S/C103H195N2O17P/c1-9-17-25-31-37-43-46-52-58-64-70-76-95(109)117-89(73-67-61-55-49-40-34-28-20-12-4)81-93(107)104-85-103(86-106,87-115-80-24-16-8)88-116-102-99(105-94(108)82-90(74-68-62-56-50-41-35-29-21-13-5)118-96(110)77-71-65-59-53-47-44-38-32-26-18-10-2)101(100(122-123-113)92(120-102)84-114-79-23-15-7)121-98(112)83-91(75-69-63-57-51-42-36-30-22-14-6)119-97(111)78-72-66-60-54-48-45-39-33-27-19-11-3/h89-92,99-102,106H,9-88H2,1-8H3,(H,104,107)(H,105,108)/t89-,90-,91-,92?,99?,100?,101-,102?,103?/m1/s1. The zero-order valence-electron chi connectivity index (χ0n) is 81.1. The van der Waals surface area contributed by atoms with Crippen LogP contribution in [-0.4, -0.2) is 136 Å². The second-order valence-corrected chi connectivity index (χ2v) is 37.3. The van der Waals surface area contributed by atoms with Crippen molar-refractivity contribution in [3.8, 4) is 0 Å². The van der Waals surface area contributed by atoms with Crippen LogP contribution in [0.4, 0.5) is 0 Å². The summed E-state index contributed by atoms with van der Waals surface area (Å²) >= 11 is 0. The van der Waals surface area contributed by atoms with E-state index >= 15 is 9.59 Å². The molecule has 1 aliphatic heterocycles. The molecule has 20 heteroatoms. The largest absolute Gasteiger partial charge is 0.462 e. The number of rotatable bonds is 95. The maximum atomic E-state index is 15.4. The van der Waals surface area contributed by atoms with Gasteiger partial charge in [-0.2, -0.15) is 0 Å². The van der Waals surface area contributed by atoms with E-state index < -0.39 is 81.5 Å². The van der Waals surface area contributed by atoms with Crippen LogP contribution < -0.4 is 10.6 Å². The van der Waals surface area contributed by atoms with Crippen molar-refractivity contribution >= 4 is 44.4 Å². The Morgan fingerprint density at radius 3 is 0.976 bits per heavy atom. The number of ether oxygens (including phenoxy) is 8. The molecule has 0 radical (unpaired) electrons. The molecule has 0 aromatic heterocycles. The van der Waals surface area contributed by atoms with E-state index in [2.05, 4.69) is 59.1 Å². The van der Waals surface area contributed by atoms with E-state index in [4.69, 9.17) is 42.4 Å². The molecule has 1 aliphatic rings. The lowest BCUT2D eigenvalue weighted by Crippen LogP contribution is -2.66. The fourth-order valence-corrected chi connectivity index (χ4v) is 17.1. The molecule has 0 spiro atoms. The van der Waals surface area contributed by atoms with E-state index in [-0.39, 0.29) is 88.7 Å². The molecule has 0 aliphatic carbocycles. The predicted octanol–water partition coefficient (Wildman–Crippen LogP) is 28.2. The molecule has 1 rings (SSSR count). The summed E-state index contributed by atoms with van der Waals surface area (Å²) in [5.41, 5.74) is -1.34. The van der Waals surface area contributed by atoms with Gasteiger partial charge in [0.15, 0.2) is 12.4 Å². The molecule has 1 saturated heterocycles. The zero-order chi connectivity index (χ0) is 89.6. The first-order valence-corrected chi connectivity index (χ1v) is 53.3. The maximum Gasteiger partial charge on any atom is 0.327 e. The van der Waals surface area contributed by atoms with Gasteiger partial charge in [0.2, 0.25) is 11.8 Å². The summed E-state index contributed by atoms with van der Waals surface area (Å²) < 4.78 is 71.2. The van der Waals surface area contributed by atoms with Crippen molar-refractivity contribution < 1.29 is 80.9 Å². The Labute approximate surface area is 756 Å². The second-order valence-electron chi connectivity index (χ2n) is 37.0. The molecule has 5 unspecified atom stereocenters. The van der Waals surface area contributed by atoms with E-state index in [9.17, 15) is 28.8 Å².